The van der Waals surface area contributed by atoms with E-state index < -0.39 is 0 Å². The topological polar surface area (TPSA) is 66.9 Å². The van der Waals surface area contributed by atoms with E-state index in [4.69, 9.17) is 0 Å². The Kier molecular flexibility index (Phi) is 3.27. The molecule has 2 rings (SSSR count). The fourth-order valence-electron chi connectivity index (χ4n) is 1.67. The van der Waals surface area contributed by atoms with Gasteiger partial charge in [0.05, 0.1) is 5.69 Å². The summed E-state index contributed by atoms with van der Waals surface area (Å²) in [5, 5.41) is 10.0. The van der Waals surface area contributed by atoms with Crippen LogP contribution in [0.25, 0.3) is 0 Å². The molecule has 1 atom stereocenters. The molecule has 2 heterocycles. The summed E-state index contributed by atoms with van der Waals surface area (Å²) < 4.78 is 3.74. The number of nitrogens with one attached hydrogen (secondary N) is 2. The van der Waals surface area contributed by atoms with Crippen LogP contribution in [0.4, 0.5) is 0 Å². The molecule has 1 saturated heterocycles. The predicted molar refractivity (Wildman–Crippen MR) is 58.0 cm³/mol. The third-order valence-corrected chi connectivity index (χ3v) is 3.36. The molecule has 2 N–H and O–H groups in total. The maximum atomic E-state index is 11.7. The maximum absolute atomic E-state index is 11.7. The van der Waals surface area contributed by atoms with Crippen molar-refractivity contribution in [1.82, 2.24) is 20.2 Å². The van der Waals surface area contributed by atoms with Crippen molar-refractivity contribution in [2.24, 2.45) is 0 Å². The van der Waals surface area contributed by atoms with E-state index in [1.165, 1.54) is 6.42 Å². The van der Waals surface area contributed by atoms with Crippen LogP contribution < -0.4 is 10.6 Å². The lowest BCUT2D eigenvalue weighted by Crippen LogP contribution is -2.37. The number of aromatic nitrogens is 2. The van der Waals surface area contributed by atoms with Gasteiger partial charge < -0.3 is 10.6 Å². The lowest BCUT2D eigenvalue weighted by atomic mass is 10.2. The Bertz CT molecular complexity index is 346. The highest BCUT2D eigenvalue weighted by Crippen LogP contribution is 2.09. The van der Waals surface area contributed by atoms with Crippen LogP contribution >= 0.6 is 11.5 Å². The molecule has 0 saturated carbocycles. The lowest BCUT2D eigenvalue weighted by molar-refractivity contribution is 0.0953. The molecule has 1 aromatic rings. The van der Waals surface area contributed by atoms with Gasteiger partial charge in [0.25, 0.3) is 5.91 Å². The zero-order valence-electron chi connectivity index (χ0n) is 8.62. The Balaban J connectivity index is 1.84. The predicted octanol–water partition coefficient (Wildman–Crippen LogP) is 0.328. The molecule has 1 aliphatic rings. The van der Waals surface area contributed by atoms with E-state index in [1.807, 2.05) is 0 Å². The van der Waals surface area contributed by atoms with Gasteiger partial charge in [-0.3, -0.25) is 4.79 Å². The molecular weight excluding hydrogens is 212 g/mol. The van der Waals surface area contributed by atoms with Crippen molar-refractivity contribution in [2.75, 3.05) is 13.1 Å². The van der Waals surface area contributed by atoms with E-state index in [9.17, 15) is 4.79 Å². The van der Waals surface area contributed by atoms with Crippen LogP contribution in [0.5, 0.6) is 0 Å². The first-order valence-electron chi connectivity index (χ1n) is 5.08. The van der Waals surface area contributed by atoms with Gasteiger partial charge in [-0.25, -0.2) is 0 Å². The maximum Gasteiger partial charge on any atom is 0.264 e. The minimum atomic E-state index is -0.0591. The van der Waals surface area contributed by atoms with E-state index in [0.29, 0.717) is 23.2 Å². The second kappa shape index (κ2) is 4.67. The summed E-state index contributed by atoms with van der Waals surface area (Å²) >= 11 is 1.15. The van der Waals surface area contributed by atoms with Crippen LogP contribution in [0.15, 0.2) is 0 Å². The van der Waals surface area contributed by atoms with E-state index in [2.05, 4.69) is 20.2 Å². The van der Waals surface area contributed by atoms with Gasteiger partial charge in [0.1, 0.15) is 4.88 Å². The third kappa shape index (κ3) is 2.51. The van der Waals surface area contributed by atoms with Gasteiger partial charge in [0.15, 0.2) is 0 Å². The van der Waals surface area contributed by atoms with Gasteiger partial charge in [0, 0.05) is 12.6 Å². The van der Waals surface area contributed by atoms with Gasteiger partial charge in [0.2, 0.25) is 0 Å². The zero-order valence-corrected chi connectivity index (χ0v) is 9.43. The molecule has 1 amide bonds. The monoisotopic (exact) mass is 226 g/mol. The number of nitrogens with zero attached hydrogens (tertiary/aromatic N) is 2. The van der Waals surface area contributed by atoms with Gasteiger partial charge >= 0.3 is 0 Å². The normalized spacial score (nSPS) is 20.5. The SMILES string of the molecule is Cc1nnsc1C(=O)NCC1CCCN1. The average Bonchev–Trinajstić information content (AvgIpc) is 2.84. The van der Waals surface area contributed by atoms with Gasteiger partial charge in [-0.05, 0) is 37.8 Å². The van der Waals surface area contributed by atoms with Crippen LogP contribution in [0, 0.1) is 6.92 Å². The van der Waals surface area contributed by atoms with Crippen LogP contribution in [0.3, 0.4) is 0 Å². The molecule has 6 heteroatoms. The van der Waals surface area contributed by atoms with Gasteiger partial charge in [-0.2, -0.15) is 0 Å². The van der Waals surface area contributed by atoms with Crippen LogP contribution in [0.2, 0.25) is 0 Å². The highest BCUT2D eigenvalue weighted by molar-refractivity contribution is 7.07. The Morgan fingerprint density at radius 1 is 1.73 bits per heavy atom. The summed E-state index contributed by atoms with van der Waals surface area (Å²) in [5.74, 6) is -0.0591. The quantitative estimate of drug-likeness (QED) is 0.779. The Morgan fingerprint density at radius 2 is 2.60 bits per heavy atom. The summed E-state index contributed by atoms with van der Waals surface area (Å²) in [7, 11) is 0. The molecule has 82 valence electrons. The van der Waals surface area contributed by atoms with Crippen molar-refractivity contribution in [3.05, 3.63) is 10.6 Å². The standard InChI is InChI=1S/C9H14N4OS/c1-6-8(15-13-12-6)9(14)11-5-7-3-2-4-10-7/h7,10H,2-5H2,1H3,(H,11,14). The van der Waals surface area contributed by atoms with Crippen molar-refractivity contribution in [1.29, 1.82) is 0 Å². The molecule has 0 aliphatic carbocycles. The molecule has 5 nitrogen and oxygen atoms in total. The average molecular weight is 226 g/mol. The fourth-order valence-corrected chi connectivity index (χ4v) is 2.24. The summed E-state index contributed by atoms with van der Waals surface area (Å²) in [4.78, 5) is 12.3. The number of hydrogen-bond donors (Lipinski definition) is 2. The molecule has 0 spiro atoms. The van der Waals surface area contributed by atoms with Crippen molar-refractivity contribution < 1.29 is 4.79 Å². The molecule has 1 fully saturated rings. The number of carbonyl (C=O) groups is 1. The number of hydrogen-bond acceptors (Lipinski definition) is 5. The van der Waals surface area contributed by atoms with E-state index >= 15 is 0 Å². The van der Waals surface area contributed by atoms with E-state index in [0.717, 1.165) is 24.5 Å². The van der Waals surface area contributed by atoms with E-state index in [-0.39, 0.29) is 5.91 Å². The number of rotatable bonds is 3. The molecule has 1 unspecified atom stereocenters. The first kappa shape index (κ1) is 10.5. The smallest absolute Gasteiger partial charge is 0.264 e. The summed E-state index contributed by atoms with van der Waals surface area (Å²) in [6.07, 6.45) is 2.34. The molecule has 1 aromatic heterocycles. The third-order valence-electron chi connectivity index (χ3n) is 2.53. The van der Waals surface area contributed by atoms with E-state index in [1.54, 1.807) is 6.92 Å². The number of carbonyl (C=O) groups excluding carboxylic acids is 1. The minimum Gasteiger partial charge on any atom is -0.350 e. The molecular formula is C9H14N4OS. The minimum absolute atomic E-state index is 0.0591. The molecule has 0 radical (unpaired) electrons. The molecule has 0 aromatic carbocycles. The first-order chi connectivity index (χ1) is 7.27. The van der Waals surface area contributed by atoms with Crippen LogP contribution in [0.1, 0.15) is 28.2 Å². The van der Waals surface area contributed by atoms with Crippen LogP contribution in [-0.2, 0) is 0 Å². The molecule has 0 bridgehead atoms. The van der Waals surface area contributed by atoms with Gasteiger partial charge in [-0.15, -0.1) is 5.10 Å². The summed E-state index contributed by atoms with van der Waals surface area (Å²) in [6, 6.07) is 0.426. The second-order valence-corrected chi connectivity index (χ2v) is 4.44. The highest BCUT2D eigenvalue weighted by atomic mass is 32.1. The van der Waals surface area contributed by atoms with Gasteiger partial charge in [-0.1, -0.05) is 4.49 Å². The fraction of sp³-hybridized carbons (Fsp3) is 0.667. The number of aryl methyl sites for hydroxylation is 1. The van der Waals surface area contributed by atoms with Crippen molar-refractivity contribution in [2.45, 2.75) is 25.8 Å². The lowest BCUT2D eigenvalue weighted by Gasteiger charge is -2.10. The van der Waals surface area contributed by atoms with Crippen molar-refractivity contribution in [3.8, 4) is 0 Å². The number of amides is 1. The Morgan fingerprint density at radius 3 is 3.20 bits per heavy atom. The zero-order chi connectivity index (χ0) is 10.7. The highest BCUT2D eigenvalue weighted by Gasteiger charge is 2.17. The van der Waals surface area contributed by atoms with Crippen LogP contribution in [-0.4, -0.2) is 34.6 Å². The second-order valence-electron chi connectivity index (χ2n) is 3.69. The summed E-state index contributed by atoms with van der Waals surface area (Å²) in [6.45, 7) is 3.55. The Hall–Kier alpha value is -1.01. The van der Waals surface area contributed by atoms with Crippen molar-refractivity contribution in [3.63, 3.8) is 0 Å². The Labute approximate surface area is 92.4 Å². The molecule has 1 aliphatic heterocycles. The first-order valence-corrected chi connectivity index (χ1v) is 5.85. The molecule has 15 heavy (non-hydrogen) atoms. The summed E-state index contributed by atoms with van der Waals surface area (Å²) in [5.41, 5.74) is 0.705. The van der Waals surface area contributed by atoms with Crippen molar-refractivity contribution >= 4 is 17.4 Å². The largest absolute Gasteiger partial charge is 0.350 e.